The first-order chi connectivity index (χ1) is 19.9. The largest absolute Gasteiger partial charge is 0.481 e. The van der Waals surface area contributed by atoms with Crippen LogP contribution in [0.25, 0.3) is 11.0 Å². The third-order valence-corrected chi connectivity index (χ3v) is 10.2. The van der Waals surface area contributed by atoms with Crippen LogP contribution in [0.2, 0.25) is 0 Å². The molecule has 5 rings (SSSR count). The first-order valence-electron chi connectivity index (χ1n) is 14.2. The van der Waals surface area contributed by atoms with Gasteiger partial charge in [-0.3, -0.25) is 4.79 Å². The number of fused-ring (bicyclic) bond motifs is 2. The van der Waals surface area contributed by atoms with Crippen molar-refractivity contribution in [3.63, 3.8) is 0 Å². The third-order valence-electron chi connectivity index (χ3n) is 8.41. The van der Waals surface area contributed by atoms with Crippen LogP contribution in [0.3, 0.4) is 0 Å². The van der Waals surface area contributed by atoms with Gasteiger partial charge in [0.1, 0.15) is 16.5 Å². The van der Waals surface area contributed by atoms with Crippen molar-refractivity contribution in [1.29, 1.82) is 0 Å². The van der Waals surface area contributed by atoms with Crippen molar-refractivity contribution in [2.24, 2.45) is 5.41 Å². The summed E-state index contributed by atoms with van der Waals surface area (Å²) in [4.78, 5) is 16.9. The molecule has 0 fully saturated rings. The predicted molar refractivity (Wildman–Crippen MR) is 159 cm³/mol. The van der Waals surface area contributed by atoms with Crippen LogP contribution in [0.1, 0.15) is 67.9 Å². The SMILES string of the molecule is CC[C@@H]1CN(Cc2cc([C@@H](c3ccc4c(nnn4CC)c3C)C(C)(C)C(=O)O)ccc2C)S(=O)(=O)c2cccnc2O1. The molecule has 2 aromatic heterocycles. The van der Waals surface area contributed by atoms with Crippen LogP contribution in [0.15, 0.2) is 53.6 Å². The summed E-state index contributed by atoms with van der Waals surface area (Å²) in [6.45, 7) is 12.2. The fourth-order valence-corrected chi connectivity index (χ4v) is 7.27. The highest BCUT2D eigenvalue weighted by atomic mass is 32.2. The summed E-state index contributed by atoms with van der Waals surface area (Å²) >= 11 is 0. The number of aromatic nitrogens is 4. The molecule has 1 aliphatic heterocycles. The number of hydrogen-bond acceptors (Lipinski definition) is 7. The maximum absolute atomic E-state index is 13.8. The Labute approximate surface area is 246 Å². The van der Waals surface area contributed by atoms with Crippen molar-refractivity contribution < 1.29 is 23.1 Å². The van der Waals surface area contributed by atoms with Gasteiger partial charge in [-0.25, -0.2) is 18.1 Å². The highest BCUT2D eigenvalue weighted by molar-refractivity contribution is 7.89. The van der Waals surface area contributed by atoms with E-state index in [0.717, 1.165) is 38.9 Å². The number of benzene rings is 2. The molecule has 0 amide bonds. The fraction of sp³-hybridized carbons (Fsp3) is 0.419. The van der Waals surface area contributed by atoms with Crippen LogP contribution in [0, 0.1) is 19.3 Å². The van der Waals surface area contributed by atoms with Crippen LogP contribution in [-0.4, -0.2) is 56.4 Å². The lowest BCUT2D eigenvalue weighted by Crippen LogP contribution is -2.36. The molecular weight excluding hydrogens is 554 g/mol. The first-order valence-corrected chi connectivity index (χ1v) is 15.6. The van der Waals surface area contributed by atoms with Gasteiger partial charge in [0.2, 0.25) is 15.9 Å². The molecule has 0 saturated heterocycles. The van der Waals surface area contributed by atoms with Crippen molar-refractivity contribution in [2.45, 2.75) is 78.0 Å². The lowest BCUT2D eigenvalue weighted by molar-refractivity contribution is -0.147. The Kier molecular flexibility index (Phi) is 7.84. The zero-order valence-electron chi connectivity index (χ0n) is 24.8. The molecule has 10 nitrogen and oxygen atoms in total. The van der Waals surface area contributed by atoms with Crippen molar-refractivity contribution in [3.05, 3.63) is 76.5 Å². The van der Waals surface area contributed by atoms with Crippen LogP contribution in [0.4, 0.5) is 0 Å². The molecular formula is C31H37N5O5S. The van der Waals surface area contributed by atoms with E-state index in [4.69, 9.17) is 4.74 Å². The molecule has 2 aromatic carbocycles. The van der Waals surface area contributed by atoms with E-state index in [1.54, 1.807) is 19.9 Å². The average Bonchev–Trinajstić information content (AvgIpc) is 3.34. The summed E-state index contributed by atoms with van der Waals surface area (Å²) in [5, 5.41) is 19.0. The van der Waals surface area contributed by atoms with Gasteiger partial charge in [0.15, 0.2) is 0 Å². The van der Waals surface area contributed by atoms with Crippen molar-refractivity contribution >= 4 is 27.0 Å². The number of aliphatic carboxylic acids is 1. The van der Waals surface area contributed by atoms with E-state index < -0.39 is 27.3 Å². The normalized spacial score (nSPS) is 17.8. The lowest BCUT2D eigenvalue weighted by Gasteiger charge is -2.33. The standard InChI is InChI=1S/C31H37N5O5S/c1-7-23-18-35(42(39,40)26-10-9-15-32-29(26)41-23)17-22-16-21(12-11-19(22)3)27(31(5,6)30(37)38)24-13-14-25-28(20(24)4)33-34-36(25)8-2/h9-16,23,27H,7-8,17-18H2,1-6H3,(H,37,38)/t23-,27+/m1/s1. The Hall–Kier alpha value is -3.83. The van der Waals surface area contributed by atoms with Crippen LogP contribution < -0.4 is 4.74 Å². The van der Waals surface area contributed by atoms with Gasteiger partial charge in [-0.2, -0.15) is 4.31 Å². The summed E-state index contributed by atoms with van der Waals surface area (Å²) in [6.07, 6.45) is 1.78. The van der Waals surface area contributed by atoms with Crippen LogP contribution in [0.5, 0.6) is 5.88 Å². The molecule has 0 spiro atoms. The number of rotatable bonds is 8. The number of carboxylic acid groups (broad SMARTS) is 1. The Morgan fingerprint density at radius 2 is 1.93 bits per heavy atom. The van der Waals surface area contributed by atoms with Gasteiger partial charge in [-0.1, -0.05) is 36.4 Å². The highest BCUT2D eigenvalue weighted by Gasteiger charge is 2.41. The molecule has 0 radical (unpaired) electrons. The number of aryl methyl sites for hydroxylation is 3. The molecule has 0 saturated carbocycles. The zero-order valence-corrected chi connectivity index (χ0v) is 25.6. The molecule has 0 aliphatic carbocycles. The summed E-state index contributed by atoms with van der Waals surface area (Å²) in [5.41, 5.74) is 4.64. The highest BCUT2D eigenvalue weighted by Crippen LogP contribution is 2.44. The molecule has 222 valence electrons. The Morgan fingerprint density at radius 1 is 1.17 bits per heavy atom. The third kappa shape index (κ3) is 5.05. The summed E-state index contributed by atoms with van der Waals surface area (Å²) < 4.78 is 36.8. The van der Waals surface area contributed by atoms with E-state index in [1.807, 2.05) is 62.7 Å². The van der Waals surface area contributed by atoms with E-state index in [-0.39, 0.29) is 30.0 Å². The van der Waals surface area contributed by atoms with Crippen LogP contribution >= 0.6 is 0 Å². The second-order valence-corrected chi connectivity index (χ2v) is 13.4. The second kappa shape index (κ2) is 11.1. The molecule has 4 aromatic rings. The molecule has 1 aliphatic rings. The van der Waals surface area contributed by atoms with Crippen molar-refractivity contribution in [1.82, 2.24) is 24.3 Å². The number of nitrogens with zero attached hydrogens (tertiary/aromatic N) is 5. The monoisotopic (exact) mass is 591 g/mol. The van der Waals surface area contributed by atoms with Gasteiger partial charge in [0, 0.05) is 25.2 Å². The van der Waals surface area contributed by atoms with Gasteiger partial charge in [0.05, 0.1) is 17.5 Å². The van der Waals surface area contributed by atoms with E-state index >= 15 is 0 Å². The summed E-state index contributed by atoms with van der Waals surface area (Å²) in [6, 6.07) is 12.8. The summed E-state index contributed by atoms with van der Waals surface area (Å²) in [7, 11) is -3.90. The minimum atomic E-state index is -3.90. The predicted octanol–water partition coefficient (Wildman–Crippen LogP) is 5.07. The number of sulfonamides is 1. The minimum absolute atomic E-state index is 0.0451. The zero-order chi connectivity index (χ0) is 30.4. The molecule has 1 N–H and O–H groups in total. The van der Waals surface area contributed by atoms with Gasteiger partial charge in [-0.15, -0.1) is 5.10 Å². The molecule has 11 heteroatoms. The van der Waals surface area contributed by atoms with E-state index in [2.05, 4.69) is 15.3 Å². The van der Waals surface area contributed by atoms with Gasteiger partial charge >= 0.3 is 5.97 Å². The number of carboxylic acids is 1. The second-order valence-electron chi connectivity index (χ2n) is 11.5. The number of pyridine rings is 1. The smallest absolute Gasteiger partial charge is 0.310 e. The van der Waals surface area contributed by atoms with Gasteiger partial charge < -0.3 is 9.84 Å². The topological polar surface area (TPSA) is 128 Å². The Bertz CT molecular complexity index is 1760. The average molecular weight is 592 g/mol. The molecule has 0 unspecified atom stereocenters. The van der Waals surface area contributed by atoms with E-state index in [1.165, 1.54) is 16.6 Å². The van der Waals surface area contributed by atoms with Gasteiger partial charge in [0.25, 0.3) is 0 Å². The summed E-state index contributed by atoms with van der Waals surface area (Å²) in [5.74, 6) is -1.36. The van der Waals surface area contributed by atoms with Crippen molar-refractivity contribution in [2.75, 3.05) is 6.54 Å². The minimum Gasteiger partial charge on any atom is -0.481 e. The molecule has 42 heavy (non-hydrogen) atoms. The quantitative estimate of drug-likeness (QED) is 0.301. The lowest BCUT2D eigenvalue weighted by atomic mass is 9.69. The number of carbonyl (C=O) groups is 1. The maximum atomic E-state index is 13.8. The Morgan fingerprint density at radius 3 is 2.62 bits per heavy atom. The molecule has 3 heterocycles. The first kappa shape index (κ1) is 29.7. The fourth-order valence-electron chi connectivity index (χ4n) is 5.75. The maximum Gasteiger partial charge on any atom is 0.310 e. The van der Waals surface area contributed by atoms with Crippen molar-refractivity contribution in [3.8, 4) is 5.88 Å². The van der Waals surface area contributed by atoms with E-state index in [0.29, 0.717) is 13.0 Å². The van der Waals surface area contributed by atoms with Gasteiger partial charge in [-0.05, 0) is 87.1 Å². The molecule has 2 atom stereocenters. The Balaban J connectivity index is 1.62. The van der Waals surface area contributed by atoms with E-state index in [9.17, 15) is 18.3 Å². The number of ether oxygens (including phenoxy) is 1. The molecule has 0 bridgehead atoms. The van der Waals surface area contributed by atoms with Crippen LogP contribution in [-0.2, 0) is 27.9 Å². The number of hydrogen-bond donors (Lipinski definition) is 1.